The van der Waals surface area contributed by atoms with Crippen LogP contribution in [-0.2, 0) is 6.54 Å². The van der Waals surface area contributed by atoms with Crippen LogP contribution in [0.25, 0.3) is 21.9 Å². The van der Waals surface area contributed by atoms with Crippen molar-refractivity contribution in [3.8, 4) is 6.07 Å². The molecule has 2 saturated carbocycles. The molecule has 2 aliphatic rings. The van der Waals surface area contributed by atoms with Crippen LogP contribution >= 0.6 is 0 Å². The molecule has 4 aromatic rings. The minimum atomic E-state index is -0.258. The molecular formula is C28H31N7O. The summed E-state index contributed by atoms with van der Waals surface area (Å²) in [7, 11) is 2.08. The van der Waals surface area contributed by atoms with Gasteiger partial charge >= 0.3 is 0 Å². The fourth-order valence-corrected chi connectivity index (χ4v) is 5.93. The van der Waals surface area contributed by atoms with E-state index in [0.717, 1.165) is 49.7 Å². The first-order valence-electron chi connectivity index (χ1n) is 13.0. The Labute approximate surface area is 210 Å². The third-order valence-electron chi connectivity index (χ3n) is 8.28. The van der Waals surface area contributed by atoms with Gasteiger partial charge in [0.25, 0.3) is 5.56 Å². The molecule has 0 atom stereocenters. The highest BCUT2D eigenvalue weighted by Crippen LogP contribution is 2.35. The lowest BCUT2D eigenvalue weighted by Gasteiger charge is -2.42. The fourth-order valence-electron chi connectivity index (χ4n) is 5.93. The molecule has 2 aliphatic carbocycles. The molecule has 0 radical (unpaired) electrons. The number of pyridine rings is 1. The summed E-state index contributed by atoms with van der Waals surface area (Å²) in [5, 5.41) is 18.2. The van der Waals surface area contributed by atoms with Crippen molar-refractivity contribution in [2.45, 2.75) is 69.5 Å². The Morgan fingerprint density at radius 3 is 2.69 bits per heavy atom. The van der Waals surface area contributed by atoms with E-state index in [4.69, 9.17) is 4.98 Å². The smallest absolute Gasteiger partial charge is 0.270 e. The maximum Gasteiger partial charge on any atom is 0.270 e. The number of fused-ring (bicyclic) bond motifs is 2. The number of hydrogen-bond donors (Lipinski definition) is 2. The first kappa shape index (κ1) is 22.7. The van der Waals surface area contributed by atoms with Gasteiger partial charge in [-0.05, 0) is 75.9 Å². The molecular weight excluding hydrogens is 450 g/mol. The largest absolute Gasteiger partial charge is 0.347 e. The molecule has 0 spiro atoms. The van der Waals surface area contributed by atoms with Crippen molar-refractivity contribution in [3.63, 3.8) is 0 Å². The van der Waals surface area contributed by atoms with Gasteiger partial charge < -0.3 is 15.2 Å². The van der Waals surface area contributed by atoms with E-state index in [1.807, 2.05) is 12.1 Å². The van der Waals surface area contributed by atoms with E-state index in [-0.39, 0.29) is 17.2 Å². The number of anilines is 2. The highest BCUT2D eigenvalue weighted by molar-refractivity contribution is 5.85. The standard InChI is InChI=1S/C28H31N7O/c1-30-28(10-4-11-28)12-14-34-13-9-19-16-22(7-8-24(19)34)32-27-31-18-21-15-20(17-29)26(36)35(25(21)33-27)23-5-2-3-6-23/h7-9,13,15-16,18,23,30H,2-6,10-12,14H2,1H3,(H,31,32,33). The number of benzene rings is 1. The summed E-state index contributed by atoms with van der Waals surface area (Å²) in [6, 6.07) is 12.2. The van der Waals surface area contributed by atoms with Gasteiger partial charge in [0.05, 0.1) is 0 Å². The molecule has 8 nitrogen and oxygen atoms in total. The Bertz CT molecular complexity index is 1530. The molecule has 2 N–H and O–H groups in total. The zero-order chi connectivity index (χ0) is 24.7. The number of nitriles is 1. The predicted octanol–water partition coefficient (Wildman–Crippen LogP) is 5.01. The lowest BCUT2D eigenvalue weighted by molar-refractivity contribution is 0.176. The van der Waals surface area contributed by atoms with E-state index in [2.05, 4.69) is 51.6 Å². The molecule has 0 unspecified atom stereocenters. The molecule has 1 aromatic carbocycles. The Kier molecular flexibility index (Phi) is 5.73. The second-order valence-electron chi connectivity index (χ2n) is 10.3. The van der Waals surface area contributed by atoms with E-state index in [9.17, 15) is 10.1 Å². The van der Waals surface area contributed by atoms with Crippen LogP contribution in [0.3, 0.4) is 0 Å². The van der Waals surface area contributed by atoms with Gasteiger partial charge in [-0.15, -0.1) is 0 Å². The maximum atomic E-state index is 13.0. The van der Waals surface area contributed by atoms with E-state index < -0.39 is 0 Å². The number of hydrogen-bond acceptors (Lipinski definition) is 6. The first-order chi connectivity index (χ1) is 17.6. The van der Waals surface area contributed by atoms with E-state index in [0.29, 0.717) is 22.5 Å². The van der Waals surface area contributed by atoms with E-state index in [1.165, 1.54) is 24.8 Å². The van der Waals surface area contributed by atoms with Crippen LogP contribution in [0.15, 0.2) is 47.5 Å². The van der Waals surface area contributed by atoms with Crippen LogP contribution < -0.4 is 16.2 Å². The van der Waals surface area contributed by atoms with Gasteiger partial charge in [-0.25, -0.2) is 4.98 Å². The molecule has 6 rings (SSSR count). The molecule has 184 valence electrons. The van der Waals surface area contributed by atoms with Crippen molar-refractivity contribution in [1.82, 2.24) is 24.4 Å². The number of nitrogens with one attached hydrogen (secondary N) is 2. The van der Waals surface area contributed by atoms with Gasteiger partial charge in [-0.3, -0.25) is 9.36 Å². The lowest BCUT2D eigenvalue weighted by atomic mass is 9.74. The summed E-state index contributed by atoms with van der Waals surface area (Å²) in [4.78, 5) is 22.3. The molecule has 8 heteroatoms. The van der Waals surface area contributed by atoms with Crippen LogP contribution in [0.2, 0.25) is 0 Å². The highest BCUT2D eigenvalue weighted by Gasteiger charge is 2.34. The normalized spacial score (nSPS) is 17.3. The second-order valence-corrected chi connectivity index (χ2v) is 10.3. The molecule has 0 aliphatic heterocycles. The zero-order valence-corrected chi connectivity index (χ0v) is 20.6. The van der Waals surface area contributed by atoms with Crippen molar-refractivity contribution in [2.75, 3.05) is 12.4 Å². The molecule has 3 heterocycles. The summed E-state index contributed by atoms with van der Waals surface area (Å²) in [5.74, 6) is 0.443. The Hall–Kier alpha value is -3.70. The molecule has 0 amide bonds. The number of aryl methyl sites for hydroxylation is 1. The van der Waals surface area contributed by atoms with Crippen molar-refractivity contribution in [3.05, 3.63) is 58.6 Å². The lowest BCUT2D eigenvalue weighted by Crippen LogP contribution is -2.49. The van der Waals surface area contributed by atoms with E-state index in [1.54, 1.807) is 16.8 Å². The minimum Gasteiger partial charge on any atom is -0.347 e. The molecule has 0 saturated heterocycles. The average Bonchev–Trinajstić information content (AvgIpc) is 3.53. The van der Waals surface area contributed by atoms with Crippen molar-refractivity contribution in [2.24, 2.45) is 0 Å². The van der Waals surface area contributed by atoms with Gasteiger partial charge in [0.1, 0.15) is 17.3 Å². The van der Waals surface area contributed by atoms with Gasteiger partial charge in [0.2, 0.25) is 5.95 Å². The summed E-state index contributed by atoms with van der Waals surface area (Å²) < 4.78 is 4.05. The summed E-state index contributed by atoms with van der Waals surface area (Å²) in [6.07, 6.45) is 12.9. The topological polar surface area (TPSA) is 101 Å². The molecule has 36 heavy (non-hydrogen) atoms. The third-order valence-corrected chi connectivity index (χ3v) is 8.28. The van der Waals surface area contributed by atoms with Crippen molar-refractivity contribution >= 4 is 33.6 Å². The van der Waals surface area contributed by atoms with Crippen molar-refractivity contribution < 1.29 is 0 Å². The highest BCUT2D eigenvalue weighted by atomic mass is 16.1. The second kappa shape index (κ2) is 9.07. The monoisotopic (exact) mass is 481 g/mol. The first-order valence-corrected chi connectivity index (χ1v) is 13.0. The molecule has 3 aromatic heterocycles. The SMILES string of the molecule is CNC1(CCn2ccc3cc(Nc4ncc5cc(C#N)c(=O)n(C6CCCC6)c5n4)ccc32)CCC1. The van der Waals surface area contributed by atoms with Gasteiger partial charge in [-0.2, -0.15) is 10.2 Å². The van der Waals surface area contributed by atoms with Crippen LogP contribution in [0.1, 0.15) is 63.0 Å². The number of aromatic nitrogens is 4. The number of nitrogens with zero attached hydrogens (tertiary/aromatic N) is 5. The van der Waals surface area contributed by atoms with Crippen LogP contribution in [0.5, 0.6) is 0 Å². The van der Waals surface area contributed by atoms with Crippen LogP contribution in [0, 0.1) is 11.3 Å². The zero-order valence-electron chi connectivity index (χ0n) is 20.6. The Morgan fingerprint density at radius 1 is 1.14 bits per heavy atom. The van der Waals surface area contributed by atoms with Gasteiger partial charge in [0, 0.05) is 52.5 Å². The molecule has 0 bridgehead atoms. The maximum absolute atomic E-state index is 13.0. The average molecular weight is 482 g/mol. The van der Waals surface area contributed by atoms with Gasteiger partial charge in [-0.1, -0.05) is 12.8 Å². The van der Waals surface area contributed by atoms with Crippen LogP contribution in [-0.4, -0.2) is 31.7 Å². The predicted molar refractivity (Wildman–Crippen MR) is 141 cm³/mol. The Morgan fingerprint density at radius 2 is 1.97 bits per heavy atom. The molecule has 2 fully saturated rings. The summed E-state index contributed by atoms with van der Waals surface area (Å²) in [5.41, 5.74) is 2.89. The Balaban J connectivity index is 1.28. The number of rotatable bonds is 7. The minimum absolute atomic E-state index is 0.0779. The van der Waals surface area contributed by atoms with Crippen LogP contribution in [0.4, 0.5) is 11.6 Å². The van der Waals surface area contributed by atoms with Gasteiger partial charge in [0.15, 0.2) is 0 Å². The van der Waals surface area contributed by atoms with Crippen molar-refractivity contribution in [1.29, 1.82) is 5.26 Å². The third kappa shape index (κ3) is 3.94. The fraction of sp³-hybridized carbons (Fsp3) is 0.429. The summed E-state index contributed by atoms with van der Waals surface area (Å²) in [6.45, 7) is 0.994. The quantitative estimate of drug-likeness (QED) is 0.385. The summed E-state index contributed by atoms with van der Waals surface area (Å²) >= 11 is 0. The van der Waals surface area contributed by atoms with E-state index >= 15 is 0 Å².